The molecule has 2 aromatic heterocycles. The standard InChI is InChI=1S/C21H19F3N4OS/c22-21(23,24)29-15-8-6-14(7-9-15)4-3-12-26-18-16-10-13-30-20(16)28-19(27-18)17-5-1-2-11-25-17/h1-2,5-11,13,17,25H,3-4,12H2,(H,26,27,28). The first-order valence-corrected chi connectivity index (χ1v) is 10.3. The van der Waals surface area contributed by atoms with Crippen molar-refractivity contribution < 1.29 is 17.9 Å². The molecule has 0 amide bonds. The van der Waals surface area contributed by atoms with Crippen molar-refractivity contribution in [2.75, 3.05) is 11.9 Å². The van der Waals surface area contributed by atoms with Crippen molar-refractivity contribution in [3.8, 4) is 5.75 Å². The fourth-order valence-corrected chi connectivity index (χ4v) is 3.88. The number of nitrogens with one attached hydrogen (secondary N) is 2. The van der Waals surface area contributed by atoms with E-state index >= 15 is 0 Å². The number of thiophene rings is 1. The highest BCUT2D eigenvalue weighted by atomic mass is 32.1. The molecule has 2 N–H and O–H groups in total. The number of ether oxygens (including phenoxy) is 1. The summed E-state index contributed by atoms with van der Waals surface area (Å²) >= 11 is 1.57. The van der Waals surface area contributed by atoms with E-state index in [4.69, 9.17) is 4.98 Å². The second kappa shape index (κ2) is 8.74. The van der Waals surface area contributed by atoms with Gasteiger partial charge in [0.05, 0.1) is 5.39 Å². The van der Waals surface area contributed by atoms with Gasteiger partial charge in [-0.2, -0.15) is 0 Å². The molecule has 156 valence electrons. The number of nitrogens with zero attached hydrogens (tertiary/aromatic N) is 2. The molecule has 0 radical (unpaired) electrons. The van der Waals surface area contributed by atoms with Gasteiger partial charge in [-0.05, 0) is 54.3 Å². The first-order chi connectivity index (χ1) is 14.5. The monoisotopic (exact) mass is 432 g/mol. The van der Waals surface area contributed by atoms with E-state index in [0.29, 0.717) is 12.4 Å². The summed E-state index contributed by atoms with van der Waals surface area (Å²) in [6.45, 7) is 0.677. The first kappa shape index (κ1) is 20.2. The molecule has 9 heteroatoms. The predicted molar refractivity (Wildman–Crippen MR) is 112 cm³/mol. The van der Waals surface area contributed by atoms with E-state index in [1.54, 1.807) is 23.5 Å². The minimum Gasteiger partial charge on any atom is -0.406 e. The first-order valence-electron chi connectivity index (χ1n) is 9.41. The van der Waals surface area contributed by atoms with Crippen LogP contribution in [0.15, 0.2) is 60.1 Å². The quantitative estimate of drug-likeness (QED) is 0.493. The van der Waals surface area contributed by atoms with Gasteiger partial charge in [-0.15, -0.1) is 24.5 Å². The van der Waals surface area contributed by atoms with E-state index in [1.165, 1.54) is 12.1 Å². The maximum Gasteiger partial charge on any atom is 0.573 e. The van der Waals surface area contributed by atoms with Gasteiger partial charge in [0.2, 0.25) is 0 Å². The highest BCUT2D eigenvalue weighted by Crippen LogP contribution is 2.28. The highest BCUT2D eigenvalue weighted by molar-refractivity contribution is 7.16. The Bertz CT molecular complexity index is 1060. The van der Waals surface area contributed by atoms with E-state index in [0.717, 1.165) is 34.4 Å². The number of aromatic nitrogens is 2. The van der Waals surface area contributed by atoms with Gasteiger partial charge in [-0.25, -0.2) is 9.97 Å². The number of aryl methyl sites for hydroxylation is 1. The Kier molecular flexibility index (Phi) is 5.89. The lowest BCUT2D eigenvalue weighted by Crippen LogP contribution is -2.18. The summed E-state index contributed by atoms with van der Waals surface area (Å²) in [5, 5.41) is 9.58. The van der Waals surface area contributed by atoms with Crippen molar-refractivity contribution >= 4 is 27.4 Å². The number of anilines is 1. The molecule has 1 atom stereocenters. The molecule has 0 saturated carbocycles. The second-order valence-electron chi connectivity index (χ2n) is 6.68. The molecule has 30 heavy (non-hydrogen) atoms. The fourth-order valence-electron chi connectivity index (χ4n) is 3.11. The zero-order chi connectivity index (χ0) is 21.0. The molecule has 4 rings (SSSR count). The van der Waals surface area contributed by atoms with Crippen LogP contribution >= 0.6 is 11.3 Å². The Hall–Kier alpha value is -3.07. The number of dihydropyridines is 1. The summed E-state index contributed by atoms with van der Waals surface area (Å²) in [6, 6.07) is 7.89. The van der Waals surface area contributed by atoms with Crippen LogP contribution in [-0.2, 0) is 6.42 Å². The van der Waals surface area contributed by atoms with Gasteiger partial charge in [0, 0.05) is 6.54 Å². The lowest BCUT2D eigenvalue weighted by molar-refractivity contribution is -0.274. The molecule has 1 aromatic carbocycles. The molecule has 3 aromatic rings. The van der Waals surface area contributed by atoms with Gasteiger partial charge < -0.3 is 15.4 Å². The third-order valence-corrected chi connectivity index (χ3v) is 5.31. The Balaban J connectivity index is 1.36. The highest BCUT2D eigenvalue weighted by Gasteiger charge is 2.30. The van der Waals surface area contributed by atoms with Gasteiger partial charge in [0.25, 0.3) is 0 Å². The van der Waals surface area contributed by atoms with Crippen molar-refractivity contribution in [1.82, 2.24) is 15.3 Å². The molecule has 3 heterocycles. The number of rotatable bonds is 7. The summed E-state index contributed by atoms with van der Waals surface area (Å²) < 4.78 is 40.6. The van der Waals surface area contributed by atoms with E-state index < -0.39 is 6.36 Å². The lowest BCUT2D eigenvalue weighted by Gasteiger charge is -2.16. The van der Waals surface area contributed by atoms with Gasteiger partial charge in [0.1, 0.15) is 22.4 Å². The molecule has 0 spiro atoms. The van der Waals surface area contributed by atoms with Crippen molar-refractivity contribution in [3.63, 3.8) is 0 Å². The van der Waals surface area contributed by atoms with Crippen LogP contribution in [0, 0.1) is 0 Å². The van der Waals surface area contributed by atoms with E-state index in [2.05, 4.69) is 20.4 Å². The van der Waals surface area contributed by atoms with Crippen LogP contribution in [0.2, 0.25) is 0 Å². The third kappa shape index (κ3) is 5.10. The topological polar surface area (TPSA) is 59.1 Å². The van der Waals surface area contributed by atoms with Crippen molar-refractivity contribution in [2.45, 2.75) is 25.2 Å². The van der Waals surface area contributed by atoms with E-state index in [1.807, 2.05) is 35.9 Å². The van der Waals surface area contributed by atoms with Crippen LogP contribution < -0.4 is 15.4 Å². The number of alkyl halides is 3. The maximum atomic E-state index is 12.2. The molecule has 1 aliphatic rings. The van der Waals surface area contributed by atoms with Crippen LogP contribution in [0.3, 0.4) is 0 Å². The summed E-state index contributed by atoms with van der Waals surface area (Å²) in [4.78, 5) is 10.3. The average molecular weight is 432 g/mol. The molecule has 1 aliphatic heterocycles. The van der Waals surface area contributed by atoms with Gasteiger partial charge in [-0.3, -0.25) is 0 Å². The number of hydrogen-bond donors (Lipinski definition) is 2. The Morgan fingerprint density at radius 2 is 1.93 bits per heavy atom. The van der Waals surface area contributed by atoms with Crippen LogP contribution in [0.25, 0.3) is 10.2 Å². The molecular weight excluding hydrogens is 413 g/mol. The molecule has 0 aliphatic carbocycles. The van der Waals surface area contributed by atoms with Crippen molar-refractivity contribution in [3.05, 3.63) is 71.5 Å². The summed E-state index contributed by atoms with van der Waals surface area (Å²) in [6.07, 6.45) is 4.60. The molecular formula is C21H19F3N4OS. The van der Waals surface area contributed by atoms with E-state index in [9.17, 15) is 13.2 Å². The van der Waals surface area contributed by atoms with Crippen molar-refractivity contribution in [2.24, 2.45) is 0 Å². The fraction of sp³-hybridized carbons (Fsp3) is 0.238. The second-order valence-corrected chi connectivity index (χ2v) is 7.57. The van der Waals surface area contributed by atoms with Crippen LogP contribution in [0.5, 0.6) is 5.75 Å². The Labute approximate surface area is 175 Å². The van der Waals surface area contributed by atoms with Crippen molar-refractivity contribution in [1.29, 1.82) is 0 Å². The molecule has 5 nitrogen and oxygen atoms in total. The largest absolute Gasteiger partial charge is 0.573 e. The minimum atomic E-state index is -4.67. The summed E-state index contributed by atoms with van der Waals surface area (Å²) in [7, 11) is 0. The van der Waals surface area contributed by atoms with Gasteiger partial charge in [-0.1, -0.05) is 24.3 Å². The zero-order valence-electron chi connectivity index (χ0n) is 15.8. The lowest BCUT2D eigenvalue weighted by atomic mass is 10.1. The minimum absolute atomic E-state index is 0.0699. The number of hydrogen-bond acceptors (Lipinski definition) is 6. The number of halogens is 3. The SMILES string of the molecule is FC(F)(F)Oc1ccc(CCCNc2nc(C3C=CC=CN3)nc3sccc23)cc1. The van der Waals surface area contributed by atoms with Crippen LogP contribution in [-0.4, -0.2) is 22.9 Å². The molecule has 0 bridgehead atoms. The number of benzene rings is 1. The third-order valence-electron chi connectivity index (χ3n) is 4.50. The van der Waals surface area contributed by atoms with Crippen LogP contribution in [0.1, 0.15) is 23.9 Å². The Morgan fingerprint density at radius 3 is 2.67 bits per heavy atom. The molecule has 0 fully saturated rings. The predicted octanol–water partition coefficient (Wildman–Crippen LogP) is 5.35. The summed E-state index contributed by atoms with van der Waals surface area (Å²) in [5.41, 5.74) is 0.943. The normalized spacial score (nSPS) is 15.9. The van der Waals surface area contributed by atoms with E-state index in [-0.39, 0.29) is 11.8 Å². The zero-order valence-corrected chi connectivity index (χ0v) is 16.6. The molecule has 1 unspecified atom stereocenters. The van der Waals surface area contributed by atoms with Gasteiger partial charge >= 0.3 is 6.36 Å². The maximum absolute atomic E-state index is 12.2. The molecule has 0 saturated heterocycles. The number of fused-ring (bicyclic) bond motifs is 1. The Morgan fingerprint density at radius 1 is 1.10 bits per heavy atom. The summed E-state index contributed by atoms with van der Waals surface area (Å²) in [5.74, 6) is 1.28. The average Bonchev–Trinajstić information content (AvgIpc) is 3.21. The number of allylic oxidation sites excluding steroid dienone is 2. The smallest absolute Gasteiger partial charge is 0.406 e. The van der Waals surface area contributed by atoms with Gasteiger partial charge in [0.15, 0.2) is 5.82 Å². The van der Waals surface area contributed by atoms with Crippen LogP contribution in [0.4, 0.5) is 19.0 Å².